The van der Waals surface area contributed by atoms with Gasteiger partial charge < -0.3 is 9.84 Å². The Kier molecular flexibility index (Phi) is 5.51. The summed E-state index contributed by atoms with van der Waals surface area (Å²) < 4.78 is 5.80. The molecule has 1 heterocycles. The average molecular weight is 399 g/mol. The van der Waals surface area contributed by atoms with E-state index in [2.05, 4.69) is 5.10 Å². The van der Waals surface area contributed by atoms with Crippen molar-refractivity contribution in [3.8, 4) is 5.75 Å². The third-order valence-corrected chi connectivity index (χ3v) is 4.40. The van der Waals surface area contributed by atoms with Crippen molar-refractivity contribution in [2.45, 2.75) is 26.9 Å². The van der Waals surface area contributed by atoms with E-state index in [0.29, 0.717) is 22.7 Å². The second-order valence-electron chi connectivity index (χ2n) is 6.53. The molecule has 0 radical (unpaired) electrons. The zero-order valence-corrected chi connectivity index (χ0v) is 16.4. The Bertz CT molecular complexity index is 1010. The molecule has 1 N–H and O–H groups in total. The molecular weight excluding hydrogens is 380 g/mol. The van der Waals surface area contributed by atoms with Crippen LogP contribution in [0.5, 0.6) is 5.75 Å². The molecule has 0 spiro atoms. The molecular formula is C21H19ClN2O4. The molecule has 0 fully saturated rings. The number of carbonyl (C=O) groups is 2. The van der Waals surface area contributed by atoms with E-state index >= 15 is 0 Å². The summed E-state index contributed by atoms with van der Waals surface area (Å²) in [6, 6.07) is 11.8. The van der Waals surface area contributed by atoms with Crippen LogP contribution < -0.4 is 9.75 Å². The summed E-state index contributed by atoms with van der Waals surface area (Å²) in [6.07, 6.45) is 1.72. The van der Waals surface area contributed by atoms with Crippen LogP contribution in [0.3, 0.4) is 0 Å². The van der Waals surface area contributed by atoms with Crippen molar-refractivity contribution in [3.63, 3.8) is 0 Å². The van der Waals surface area contributed by atoms with Gasteiger partial charge in [0.25, 0.3) is 5.91 Å². The van der Waals surface area contributed by atoms with E-state index in [0.717, 1.165) is 5.56 Å². The Balaban J connectivity index is 1.97. The van der Waals surface area contributed by atoms with Crippen LogP contribution in [0.1, 0.15) is 36.7 Å². The minimum Gasteiger partial charge on any atom is -0.490 e. The number of carbonyl (C=O) groups excluding carboxylic acids is 1. The van der Waals surface area contributed by atoms with Gasteiger partial charge >= 0.3 is 5.97 Å². The molecule has 7 heteroatoms. The van der Waals surface area contributed by atoms with Gasteiger partial charge in [0.05, 0.1) is 33.7 Å². The van der Waals surface area contributed by atoms with Crippen molar-refractivity contribution in [2.75, 3.05) is 5.01 Å². The summed E-state index contributed by atoms with van der Waals surface area (Å²) in [5, 5.41) is 14.8. The van der Waals surface area contributed by atoms with Gasteiger partial charge in [0, 0.05) is 5.56 Å². The number of aromatic carboxylic acids is 1. The van der Waals surface area contributed by atoms with E-state index in [1.165, 1.54) is 17.1 Å². The van der Waals surface area contributed by atoms with Crippen molar-refractivity contribution in [1.29, 1.82) is 0 Å². The Labute approximate surface area is 167 Å². The number of hydrazone groups is 1. The summed E-state index contributed by atoms with van der Waals surface area (Å²) in [5.74, 6) is -0.853. The maximum Gasteiger partial charge on any atom is 0.337 e. The van der Waals surface area contributed by atoms with Crippen molar-refractivity contribution < 1.29 is 19.4 Å². The molecule has 1 amide bonds. The van der Waals surface area contributed by atoms with Crippen molar-refractivity contribution in [2.24, 2.45) is 5.10 Å². The molecule has 0 atom stereocenters. The van der Waals surface area contributed by atoms with Crippen LogP contribution in [0, 0.1) is 0 Å². The predicted molar refractivity (Wildman–Crippen MR) is 109 cm³/mol. The minimum absolute atomic E-state index is 0.00593. The van der Waals surface area contributed by atoms with Crippen molar-refractivity contribution in [3.05, 3.63) is 64.2 Å². The van der Waals surface area contributed by atoms with E-state index in [1.807, 2.05) is 38.1 Å². The number of benzene rings is 2. The monoisotopic (exact) mass is 398 g/mol. The lowest BCUT2D eigenvalue weighted by molar-refractivity contribution is -0.114. The molecule has 3 rings (SSSR count). The minimum atomic E-state index is -1.17. The van der Waals surface area contributed by atoms with Crippen LogP contribution in [0.2, 0.25) is 5.02 Å². The average Bonchev–Trinajstić information content (AvgIpc) is 2.91. The lowest BCUT2D eigenvalue weighted by Crippen LogP contribution is -2.21. The first kappa shape index (κ1) is 19.6. The van der Waals surface area contributed by atoms with E-state index in [-0.39, 0.29) is 22.6 Å². The molecule has 28 heavy (non-hydrogen) atoms. The first-order valence-corrected chi connectivity index (χ1v) is 9.06. The molecule has 0 unspecified atom stereocenters. The second kappa shape index (κ2) is 7.86. The fourth-order valence-corrected chi connectivity index (χ4v) is 2.98. The number of ether oxygens (including phenoxy) is 1. The van der Waals surface area contributed by atoms with Gasteiger partial charge in [-0.1, -0.05) is 29.8 Å². The van der Waals surface area contributed by atoms with Crippen LogP contribution in [-0.2, 0) is 4.79 Å². The van der Waals surface area contributed by atoms with E-state index in [9.17, 15) is 14.7 Å². The maximum absolute atomic E-state index is 12.9. The van der Waals surface area contributed by atoms with Gasteiger partial charge in [-0.05, 0) is 51.1 Å². The van der Waals surface area contributed by atoms with E-state index in [4.69, 9.17) is 16.3 Å². The molecule has 144 valence electrons. The van der Waals surface area contributed by atoms with Crippen molar-refractivity contribution in [1.82, 2.24) is 0 Å². The SMILES string of the molecule is CC1=NN(c2ccc(Cl)c(C(=O)O)c2)C(=O)/C1=C\c1ccccc1OC(C)C. The van der Waals surface area contributed by atoms with Crippen molar-refractivity contribution >= 4 is 41.0 Å². The fraction of sp³-hybridized carbons (Fsp3) is 0.190. The van der Waals surface area contributed by atoms with Crippen LogP contribution in [0.15, 0.2) is 53.1 Å². The van der Waals surface area contributed by atoms with Gasteiger partial charge in [0.15, 0.2) is 0 Å². The van der Waals surface area contributed by atoms with Crippen LogP contribution >= 0.6 is 11.6 Å². The standard InChI is InChI=1S/C21H19ClN2O4/c1-12(2)28-19-7-5-4-6-14(19)10-16-13(3)23-24(20(16)25)15-8-9-18(22)17(11-15)21(26)27/h4-12H,1-3H3,(H,26,27)/b16-10-. The largest absolute Gasteiger partial charge is 0.490 e. The summed E-state index contributed by atoms with van der Waals surface area (Å²) in [6.45, 7) is 5.59. The quantitative estimate of drug-likeness (QED) is 0.744. The molecule has 0 saturated heterocycles. The van der Waals surface area contributed by atoms with E-state index in [1.54, 1.807) is 19.1 Å². The lowest BCUT2D eigenvalue weighted by atomic mass is 10.1. The summed E-state index contributed by atoms with van der Waals surface area (Å²) in [7, 11) is 0. The number of amides is 1. The van der Waals surface area contributed by atoms with Crippen LogP contribution in [0.25, 0.3) is 6.08 Å². The highest BCUT2D eigenvalue weighted by Gasteiger charge is 2.29. The lowest BCUT2D eigenvalue weighted by Gasteiger charge is -2.14. The first-order chi connectivity index (χ1) is 13.3. The first-order valence-electron chi connectivity index (χ1n) is 8.68. The van der Waals surface area contributed by atoms with Gasteiger partial charge in [0.2, 0.25) is 0 Å². The number of anilines is 1. The highest BCUT2D eigenvalue weighted by Crippen LogP contribution is 2.30. The Hall–Kier alpha value is -3.12. The molecule has 2 aromatic carbocycles. The normalized spacial score (nSPS) is 15.3. The predicted octanol–water partition coefficient (Wildman–Crippen LogP) is 4.63. The van der Waals surface area contributed by atoms with E-state index < -0.39 is 5.97 Å². The Morgan fingerprint density at radius 3 is 2.64 bits per heavy atom. The molecule has 1 aliphatic rings. The zero-order chi connectivity index (χ0) is 20.4. The number of rotatable bonds is 5. The molecule has 2 aromatic rings. The molecule has 0 bridgehead atoms. The molecule has 0 saturated carbocycles. The smallest absolute Gasteiger partial charge is 0.337 e. The number of hydrogen-bond donors (Lipinski definition) is 1. The maximum atomic E-state index is 12.9. The fourth-order valence-electron chi connectivity index (χ4n) is 2.78. The Morgan fingerprint density at radius 2 is 1.96 bits per heavy atom. The van der Waals surface area contributed by atoms with Crippen LogP contribution in [0.4, 0.5) is 5.69 Å². The summed E-state index contributed by atoms with van der Waals surface area (Å²) >= 11 is 5.91. The number of hydrogen-bond acceptors (Lipinski definition) is 4. The topological polar surface area (TPSA) is 79.2 Å². The van der Waals surface area contributed by atoms with Crippen LogP contribution in [-0.4, -0.2) is 28.8 Å². The third-order valence-electron chi connectivity index (χ3n) is 4.07. The highest BCUT2D eigenvalue weighted by atomic mass is 35.5. The molecule has 0 aromatic heterocycles. The summed E-state index contributed by atoms with van der Waals surface area (Å²) in [4.78, 5) is 24.3. The number of carboxylic acids is 1. The zero-order valence-electron chi connectivity index (χ0n) is 15.6. The second-order valence-corrected chi connectivity index (χ2v) is 6.94. The molecule has 1 aliphatic heterocycles. The Morgan fingerprint density at radius 1 is 1.25 bits per heavy atom. The molecule has 0 aliphatic carbocycles. The van der Waals surface area contributed by atoms with Gasteiger partial charge in [-0.2, -0.15) is 10.1 Å². The number of para-hydroxylation sites is 1. The number of halogens is 1. The third kappa shape index (κ3) is 3.92. The van der Waals surface area contributed by atoms with Gasteiger partial charge in [-0.25, -0.2) is 4.79 Å². The molecule has 6 nitrogen and oxygen atoms in total. The van der Waals surface area contributed by atoms with Gasteiger partial charge in [-0.3, -0.25) is 4.79 Å². The summed E-state index contributed by atoms with van der Waals surface area (Å²) in [5.41, 5.74) is 1.94. The van der Waals surface area contributed by atoms with Gasteiger partial charge in [-0.15, -0.1) is 0 Å². The number of nitrogens with zero attached hydrogens (tertiary/aromatic N) is 2. The highest BCUT2D eigenvalue weighted by molar-refractivity contribution is 6.34. The number of carboxylic acid groups (broad SMARTS) is 1. The van der Waals surface area contributed by atoms with Gasteiger partial charge in [0.1, 0.15) is 5.75 Å².